The first-order valence-electron chi connectivity index (χ1n) is 13.4. The number of pyridine rings is 1. The number of amides is 1. The Labute approximate surface area is 226 Å². The number of carbonyl (C=O) groups excluding carboxylic acids is 1. The molecule has 0 unspecified atom stereocenters. The number of benzene rings is 2. The van der Waals surface area contributed by atoms with Crippen LogP contribution in [-0.2, 0) is 6.42 Å². The normalized spacial score (nSPS) is 13.7. The number of para-hydroxylation sites is 1. The first kappa shape index (κ1) is 26.0. The predicted molar refractivity (Wildman–Crippen MR) is 155 cm³/mol. The molecule has 1 aliphatic carbocycles. The second-order valence-electron chi connectivity index (χ2n) is 9.73. The van der Waals surface area contributed by atoms with Crippen LogP contribution < -0.4 is 22.3 Å². The van der Waals surface area contributed by atoms with E-state index in [2.05, 4.69) is 46.6 Å². The number of rotatable bonds is 5. The second-order valence-corrected chi connectivity index (χ2v) is 9.73. The summed E-state index contributed by atoms with van der Waals surface area (Å²) in [5, 5.41) is 9.37. The molecule has 0 radical (unpaired) electrons. The third kappa shape index (κ3) is 5.34. The fourth-order valence-corrected chi connectivity index (χ4v) is 5.26. The minimum absolute atomic E-state index is 0.0736. The van der Waals surface area contributed by atoms with Crippen LogP contribution in [-0.4, -0.2) is 31.1 Å². The van der Waals surface area contributed by atoms with E-state index in [4.69, 9.17) is 11.5 Å². The zero-order valence-corrected chi connectivity index (χ0v) is 22.0. The van der Waals surface area contributed by atoms with E-state index in [0.717, 1.165) is 34.3 Å². The Morgan fingerprint density at radius 2 is 1.82 bits per heavy atom. The number of anilines is 2. The number of nitrogens with two attached hydrogens (primary N) is 2. The number of nitrogen functional groups attached to an aromatic ring is 1. The highest BCUT2D eigenvalue weighted by Gasteiger charge is 2.18. The van der Waals surface area contributed by atoms with Crippen LogP contribution in [0.3, 0.4) is 0 Å². The molecular weight excluding hydrogens is 490 g/mol. The number of aryl methyl sites for hydroxylation is 1. The van der Waals surface area contributed by atoms with Crippen molar-refractivity contribution in [1.82, 2.24) is 19.2 Å². The van der Waals surface area contributed by atoms with E-state index in [0.29, 0.717) is 11.7 Å². The lowest BCUT2D eigenvalue weighted by atomic mass is 9.95. The van der Waals surface area contributed by atoms with Gasteiger partial charge >= 0.3 is 0 Å². The summed E-state index contributed by atoms with van der Waals surface area (Å²) in [5.74, 6) is -0.516. The molecule has 0 aliphatic heterocycles. The Hall–Kier alpha value is -4.66. The number of aromatic nitrogens is 4. The van der Waals surface area contributed by atoms with Crippen LogP contribution in [0.15, 0.2) is 77.9 Å². The number of hydrogen-bond acceptors (Lipinski definition) is 6. The van der Waals surface area contributed by atoms with Crippen molar-refractivity contribution < 1.29 is 4.79 Å². The van der Waals surface area contributed by atoms with Crippen LogP contribution in [0, 0.1) is 0 Å². The molecule has 9 heteroatoms. The average molecular weight is 524 g/mol. The molecule has 0 saturated heterocycles. The molecule has 1 fully saturated rings. The Morgan fingerprint density at radius 3 is 2.54 bits per heavy atom. The van der Waals surface area contributed by atoms with Crippen molar-refractivity contribution in [1.29, 1.82) is 0 Å². The molecule has 39 heavy (non-hydrogen) atoms. The molecule has 1 aliphatic rings. The number of carbonyl (C=O) groups is 1. The largest absolute Gasteiger partial charge is 0.382 e. The van der Waals surface area contributed by atoms with Crippen LogP contribution >= 0.6 is 0 Å². The van der Waals surface area contributed by atoms with Crippen molar-refractivity contribution in [2.24, 2.45) is 5.73 Å². The molecule has 3 aromatic heterocycles. The van der Waals surface area contributed by atoms with Gasteiger partial charge in [-0.15, -0.1) is 5.10 Å². The summed E-state index contributed by atoms with van der Waals surface area (Å²) in [5.41, 5.74) is 14.2. The smallest absolute Gasteiger partial charge is 0.265 e. The van der Waals surface area contributed by atoms with Gasteiger partial charge in [0.05, 0.1) is 5.39 Å². The Kier molecular flexibility index (Phi) is 7.58. The van der Waals surface area contributed by atoms with Gasteiger partial charge in [-0.2, -0.15) is 0 Å². The highest BCUT2D eigenvalue weighted by atomic mass is 16.1. The Bertz CT molecular complexity index is 1670. The number of nitrogens with one attached hydrogen (secondary N) is 1. The standard InChI is InChI=1S/C23H26N2O.C7H7N5O/c1-2-19-16-17-10-9-15-21(24-18-11-5-3-6-12-18)22(17)23(26)25(19)20-13-7-4-8-14-20;8-5-4(6(9)13)7-10-2-1-3-12(7)11-5/h4,7-10,13-16,18,24H,2-3,5-6,11-12H2,1H3;1-3H,(H2,8,11)(H2,9,13). The van der Waals surface area contributed by atoms with Crippen LogP contribution in [0.1, 0.15) is 55.1 Å². The quantitative estimate of drug-likeness (QED) is 0.306. The predicted octanol–water partition coefficient (Wildman–Crippen LogP) is 4.71. The van der Waals surface area contributed by atoms with Gasteiger partial charge in [0, 0.05) is 35.5 Å². The van der Waals surface area contributed by atoms with Crippen molar-refractivity contribution in [2.45, 2.75) is 51.5 Å². The SMILES string of the molecule is CCc1cc2cccc(NC3CCCCC3)c2c(=O)n1-c1ccccc1.NC(=O)c1c(N)nn2cccnc12. The Morgan fingerprint density at radius 1 is 1.05 bits per heavy atom. The highest BCUT2D eigenvalue weighted by Crippen LogP contribution is 2.27. The maximum atomic E-state index is 13.5. The summed E-state index contributed by atoms with van der Waals surface area (Å²) in [6, 6.07) is 20.4. The van der Waals surface area contributed by atoms with Gasteiger partial charge in [0.2, 0.25) is 0 Å². The molecule has 2 aromatic carbocycles. The molecule has 3 heterocycles. The van der Waals surface area contributed by atoms with E-state index in [1.54, 1.807) is 18.5 Å². The number of fused-ring (bicyclic) bond motifs is 2. The molecule has 0 atom stereocenters. The summed E-state index contributed by atoms with van der Waals surface area (Å²) >= 11 is 0. The van der Waals surface area contributed by atoms with E-state index in [1.165, 1.54) is 36.6 Å². The summed E-state index contributed by atoms with van der Waals surface area (Å²) < 4.78 is 3.28. The zero-order valence-electron chi connectivity index (χ0n) is 22.0. The third-order valence-electron chi connectivity index (χ3n) is 7.13. The molecule has 1 amide bonds. The molecular formula is C30H33N7O2. The molecule has 6 rings (SSSR count). The van der Waals surface area contributed by atoms with Crippen molar-refractivity contribution in [2.75, 3.05) is 11.1 Å². The second kappa shape index (κ2) is 11.4. The van der Waals surface area contributed by atoms with Crippen LogP contribution in [0.4, 0.5) is 11.5 Å². The van der Waals surface area contributed by atoms with Crippen molar-refractivity contribution in [3.63, 3.8) is 0 Å². The van der Waals surface area contributed by atoms with Gasteiger partial charge in [-0.05, 0) is 55.0 Å². The third-order valence-corrected chi connectivity index (χ3v) is 7.13. The summed E-state index contributed by atoms with van der Waals surface area (Å²) in [6.45, 7) is 2.10. The minimum Gasteiger partial charge on any atom is -0.382 e. The number of hydrogen-bond donors (Lipinski definition) is 3. The molecule has 0 spiro atoms. The molecule has 5 N–H and O–H groups in total. The van der Waals surface area contributed by atoms with Gasteiger partial charge in [0.15, 0.2) is 11.5 Å². The lowest BCUT2D eigenvalue weighted by Crippen LogP contribution is -2.26. The summed E-state index contributed by atoms with van der Waals surface area (Å²) in [7, 11) is 0. The van der Waals surface area contributed by atoms with Gasteiger partial charge in [-0.3, -0.25) is 14.2 Å². The highest BCUT2D eigenvalue weighted by molar-refractivity contribution is 6.03. The minimum atomic E-state index is -0.619. The van der Waals surface area contributed by atoms with Crippen LogP contribution in [0.2, 0.25) is 0 Å². The van der Waals surface area contributed by atoms with E-state index in [-0.39, 0.29) is 16.9 Å². The summed E-state index contributed by atoms with van der Waals surface area (Å²) in [4.78, 5) is 28.4. The molecule has 1 saturated carbocycles. The maximum Gasteiger partial charge on any atom is 0.265 e. The van der Waals surface area contributed by atoms with Gasteiger partial charge in [-0.1, -0.05) is 56.5 Å². The van der Waals surface area contributed by atoms with Crippen molar-refractivity contribution >= 4 is 33.8 Å². The molecule has 0 bridgehead atoms. The lowest BCUT2D eigenvalue weighted by Gasteiger charge is -2.25. The fourth-order valence-electron chi connectivity index (χ4n) is 5.26. The van der Waals surface area contributed by atoms with Gasteiger partial charge in [0.1, 0.15) is 5.56 Å². The Balaban J connectivity index is 0.000000198. The average Bonchev–Trinajstić information content (AvgIpc) is 3.30. The molecule has 5 aromatic rings. The van der Waals surface area contributed by atoms with Crippen LogP contribution in [0.25, 0.3) is 22.1 Å². The lowest BCUT2D eigenvalue weighted by molar-refractivity contribution is 0.100. The van der Waals surface area contributed by atoms with Crippen molar-refractivity contribution in [3.8, 4) is 5.69 Å². The van der Waals surface area contributed by atoms with Gasteiger partial charge < -0.3 is 16.8 Å². The maximum absolute atomic E-state index is 13.5. The monoisotopic (exact) mass is 523 g/mol. The molecule has 9 nitrogen and oxygen atoms in total. The number of primary amides is 1. The topological polar surface area (TPSA) is 133 Å². The molecule has 200 valence electrons. The van der Waals surface area contributed by atoms with E-state index in [1.807, 2.05) is 34.9 Å². The van der Waals surface area contributed by atoms with E-state index < -0.39 is 5.91 Å². The zero-order chi connectivity index (χ0) is 27.4. The summed E-state index contributed by atoms with van der Waals surface area (Å²) in [6.07, 6.45) is 10.3. The fraction of sp³-hybridized carbons (Fsp3) is 0.267. The van der Waals surface area contributed by atoms with Crippen molar-refractivity contribution in [3.05, 3.63) is 94.7 Å². The first-order chi connectivity index (χ1) is 19.0. The van der Waals surface area contributed by atoms with Gasteiger partial charge in [-0.25, -0.2) is 9.50 Å². The van der Waals surface area contributed by atoms with E-state index in [9.17, 15) is 9.59 Å². The van der Waals surface area contributed by atoms with E-state index >= 15 is 0 Å². The van der Waals surface area contributed by atoms with Gasteiger partial charge in [0.25, 0.3) is 11.5 Å². The number of nitrogens with zero attached hydrogens (tertiary/aromatic N) is 4. The first-order valence-corrected chi connectivity index (χ1v) is 13.4. The van der Waals surface area contributed by atoms with Crippen LogP contribution in [0.5, 0.6) is 0 Å².